The lowest BCUT2D eigenvalue weighted by atomic mass is 10.1. The highest BCUT2D eigenvalue weighted by Crippen LogP contribution is 2.25. The van der Waals surface area contributed by atoms with Crippen molar-refractivity contribution in [2.24, 2.45) is 0 Å². The second-order valence-corrected chi connectivity index (χ2v) is 7.09. The third-order valence-electron chi connectivity index (χ3n) is 5.13. The van der Waals surface area contributed by atoms with E-state index in [4.69, 9.17) is 9.15 Å². The van der Waals surface area contributed by atoms with Gasteiger partial charge in [-0.2, -0.15) is 0 Å². The van der Waals surface area contributed by atoms with Gasteiger partial charge in [0.2, 0.25) is 11.8 Å². The number of rotatable bonds is 4. The number of benzene rings is 2. The summed E-state index contributed by atoms with van der Waals surface area (Å²) in [7, 11) is 1.72. The first-order chi connectivity index (χ1) is 13.6. The van der Waals surface area contributed by atoms with E-state index < -0.39 is 0 Å². The van der Waals surface area contributed by atoms with Gasteiger partial charge in [-0.3, -0.25) is 4.79 Å². The van der Waals surface area contributed by atoms with Crippen LogP contribution in [0.2, 0.25) is 0 Å². The van der Waals surface area contributed by atoms with Crippen LogP contribution in [0.4, 0.5) is 0 Å². The van der Waals surface area contributed by atoms with E-state index in [9.17, 15) is 4.79 Å². The Balaban J connectivity index is 1.47. The summed E-state index contributed by atoms with van der Waals surface area (Å²) in [6, 6.07) is 15.3. The molecule has 0 atom stereocenters. The number of methoxy groups -OCH3 is 1. The zero-order valence-electron chi connectivity index (χ0n) is 16.1. The minimum absolute atomic E-state index is 0.0482. The van der Waals surface area contributed by atoms with Gasteiger partial charge < -0.3 is 14.1 Å². The van der Waals surface area contributed by atoms with E-state index in [0.717, 1.165) is 42.6 Å². The fraction of sp³-hybridized carbons (Fsp3) is 0.318. The van der Waals surface area contributed by atoms with Gasteiger partial charge in [0, 0.05) is 36.9 Å². The number of likely N-dealkylation sites (tertiary alicyclic amines) is 1. The fourth-order valence-electron chi connectivity index (χ4n) is 3.47. The molecule has 0 radical (unpaired) electrons. The minimum Gasteiger partial charge on any atom is -0.416 e. The summed E-state index contributed by atoms with van der Waals surface area (Å²) in [5.41, 5.74) is 3.48. The molecule has 2 aromatic carbocycles. The van der Waals surface area contributed by atoms with E-state index in [1.807, 2.05) is 60.4 Å². The van der Waals surface area contributed by atoms with E-state index in [0.29, 0.717) is 17.3 Å². The summed E-state index contributed by atoms with van der Waals surface area (Å²) in [6.07, 6.45) is 2.01. The molecule has 1 aliphatic heterocycles. The molecule has 28 heavy (non-hydrogen) atoms. The summed E-state index contributed by atoms with van der Waals surface area (Å²) in [6.45, 7) is 3.47. The molecule has 1 fully saturated rings. The van der Waals surface area contributed by atoms with Gasteiger partial charge in [-0.15, -0.1) is 10.2 Å². The van der Waals surface area contributed by atoms with Crippen LogP contribution in [-0.4, -0.2) is 47.3 Å². The molecule has 6 nitrogen and oxygen atoms in total. The number of nitrogens with zero attached hydrogens (tertiary/aromatic N) is 3. The molecule has 1 aromatic heterocycles. The van der Waals surface area contributed by atoms with Crippen molar-refractivity contribution in [3.8, 4) is 22.9 Å². The first-order valence-corrected chi connectivity index (χ1v) is 9.47. The van der Waals surface area contributed by atoms with Crippen LogP contribution < -0.4 is 0 Å². The SMILES string of the molecule is COC1CCN(C(=O)c2ccc(-c3nnc(-c4cccc(C)c4)o3)cc2)CC1. The molecule has 1 amide bonds. The van der Waals surface area contributed by atoms with Gasteiger partial charge in [-0.1, -0.05) is 17.7 Å². The third-order valence-corrected chi connectivity index (χ3v) is 5.13. The molecule has 1 saturated heterocycles. The highest BCUT2D eigenvalue weighted by Gasteiger charge is 2.23. The van der Waals surface area contributed by atoms with Gasteiger partial charge in [-0.05, 0) is 56.2 Å². The quantitative estimate of drug-likeness (QED) is 0.688. The highest BCUT2D eigenvalue weighted by molar-refractivity contribution is 5.94. The van der Waals surface area contributed by atoms with Gasteiger partial charge in [0.25, 0.3) is 5.91 Å². The maximum atomic E-state index is 12.7. The van der Waals surface area contributed by atoms with Crippen molar-refractivity contribution < 1.29 is 13.9 Å². The van der Waals surface area contributed by atoms with Gasteiger partial charge in [0.1, 0.15) is 0 Å². The van der Waals surface area contributed by atoms with E-state index in [2.05, 4.69) is 10.2 Å². The normalized spacial score (nSPS) is 15.0. The molecule has 0 spiro atoms. The van der Waals surface area contributed by atoms with Crippen LogP contribution in [0.3, 0.4) is 0 Å². The first-order valence-electron chi connectivity index (χ1n) is 9.47. The number of ether oxygens (including phenoxy) is 1. The summed E-state index contributed by atoms with van der Waals surface area (Å²) < 4.78 is 11.2. The molecule has 2 heterocycles. The molecular weight excluding hydrogens is 354 g/mol. The van der Waals surface area contributed by atoms with E-state index in [-0.39, 0.29) is 12.0 Å². The predicted octanol–water partition coefficient (Wildman–Crippen LogP) is 3.96. The average molecular weight is 377 g/mol. The lowest BCUT2D eigenvalue weighted by Crippen LogP contribution is -2.40. The fourth-order valence-corrected chi connectivity index (χ4v) is 3.47. The van der Waals surface area contributed by atoms with E-state index in [1.54, 1.807) is 7.11 Å². The Labute approximate surface area is 164 Å². The standard InChI is InChI=1S/C22H23N3O3/c1-15-4-3-5-18(14-15)21-24-23-20(28-21)16-6-8-17(9-7-16)22(26)25-12-10-19(27-2)11-13-25/h3-9,14,19H,10-13H2,1-2H3. The second-order valence-electron chi connectivity index (χ2n) is 7.09. The van der Waals surface area contributed by atoms with Gasteiger partial charge >= 0.3 is 0 Å². The highest BCUT2D eigenvalue weighted by atomic mass is 16.5. The van der Waals surface area contributed by atoms with Crippen molar-refractivity contribution in [1.29, 1.82) is 0 Å². The van der Waals surface area contributed by atoms with Crippen molar-refractivity contribution in [2.75, 3.05) is 20.2 Å². The van der Waals surface area contributed by atoms with Crippen molar-refractivity contribution in [3.05, 3.63) is 59.7 Å². The molecule has 4 rings (SSSR count). The number of carbonyl (C=O) groups excluding carboxylic acids is 1. The lowest BCUT2D eigenvalue weighted by Gasteiger charge is -2.31. The minimum atomic E-state index is 0.0482. The summed E-state index contributed by atoms with van der Waals surface area (Å²) in [5, 5.41) is 8.30. The number of carbonyl (C=O) groups is 1. The Bertz CT molecular complexity index is 957. The number of amides is 1. The molecule has 3 aromatic rings. The molecule has 0 N–H and O–H groups in total. The summed E-state index contributed by atoms with van der Waals surface area (Å²) >= 11 is 0. The molecule has 144 valence electrons. The van der Waals surface area contributed by atoms with Gasteiger partial charge in [0.15, 0.2) is 0 Å². The van der Waals surface area contributed by atoms with Crippen molar-refractivity contribution in [2.45, 2.75) is 25.9 Å². The Hall–Kier alpha value is -2.99. The smallest absolute Gasteiger partial charge is 0.253 e. The number of hydrogen-bond donors (Lipinski definition) is 0. The monoisotopic (exact) mass is 377 g/mol. The first kappa shape index (κ1) is 18.4. The Morgan fingerprint density at radius 2 is 1.71 bits per heavy atom. The topological polar surface area (TPSA) is 68.5 Å². The molecule has 0 unspecified atom stereocenters. The van der Waals surface area contributed by atoms with Crippen LogP contribution in [0, 0.1) is 6.92 Å². The second kappa shape index (κ2) is 7.94. The zero-order chi connectivity index (χ0) is 19.5. The van der Waals surface area contributed by atoms with E-state index >= 15 is 0 Å². The summed E-state index contributed by atoms with van der Waals surface area (Å²) in [4.78, 5) is 14.6. The molecular formula is C22H23N3O3. The van der Waals surface area contributed by atoms with Gasteiger partial charge in [-0.25, -0.2) is 0 Å². The Morgan fingerprint density at radius 3 is 2.36 bits per heavy atom. The number of aromatic nitrogens is 2. The van der Waals surface area contributed by atoms with Crippen LogP contribution in [0.25, 0.3) is 22.9 Å². The van der Waals surface area contributed by atoms with Crippen LogP contribution in [0.15, 0.2) is 52.9 Å². The van der Waals surface area contributed by atoms with Crippen LogP contribution in [0.5, 0.6) is 0 Å². The largest absolute Gasteiger partial charge is 0.416 e. The van der Waals surface area contributed by atoms with E-state index in [1.165, 1.54) is 0 Å². The molecule has 6 heteroatoms. The number of aryl methyl sites for hydroxylation is 1. The van der Waals surface area contributed by atoms with Gasteiger partial charge in [0.05, 0.1) is 6.10 Å². The zero-order valence-corrected chi connectivity index (χ0v) is 16.1. The molecule has 0 aliphatic carbocycles. The maximum Gasteiger partial charge on any atom is 0.253 e. The average Bonchev–Trinajstić information content (AvgIpc) is 3.24. The van der Waals surface area contributed by atoms with Crippen molar-refractivity contribution >= 4 is 5.91 Å². The third kappa shape index (κ3) is 3.82. The lowest BCUT2D eigenvalue weighted by molar-refractivity contribution is 0.0351. The number of piperidine rings is 1. The van der Waals surface area contributed by atoms with Crippen molar-refractivity contribution in [1.82, 2.24) is 15.1 Å². The predicted molar refractivity (Wildman–Crippen MR) is 106 cm³/mol. The van der Waals surface area contributed by atoms with Crippen LogP contribution in [0.1, 0.15) is 28.8 Å². The number of hydrogen-bond acceptors (Lipinski definition) is 5. The maximum absolute atomic E-state index is 12.7. The van der Waals surface area contributed by atoms with Crippen molar-refractivity contribution in [3.63, 3.8) is 0 Å². The molecule has 0 saturated carbocycles. The Kier molecular flexibility index (Phi) is 5.21. The molecule has 1 aliphatic rings. The Morgan fingerprint density at radius 1 is 1.04 bits per heavy atom. The van der Waals surface area contributed by atoms with Crippen LogP contribution in [-0.2, 0) is 4.74 Å². The van der Waals surface area contributed by atoms with Crippen LogP contribution >= 0.6 is 0 Å². The summed E-state index contributed by atoms with van der Waals surface area (Å²) in [5.74, 6) is 0.975. The molecule has 0 bridgehead atoms.